The van der Waals surface area contributed by atoms with Crippen LogP contribution < -0.4 is 11.1 Å². The molecule has 1 rings (SSSR count). The van der Waals surface area contributed by atoms with Gasteiger partial charge in [-0.25, -0.2) is 4.37 Å². The zero-order valence-electron chi connectivity index (χ0n) is 5.91. The van der Waals surface area contributed by atoms with E-state index in [1.54, 1.807) is 6.20 Å². The predicted molar refractivity (Wildman–Crippen MR) is 43.0 cm³/mol. The van der Waals surface area contributed by atoms with E-state index >= 15 is 0 Å². The molecule has 5 heteroatoms. The third-order valence-corrected chi connectivity index (χ3v) is 1.88. The highest BCUT2D eigenvalue weighted by atomic mass is 32.1. The largest absolute Gasteiger partial charge is 0.350 e. The lowest BCUT2D eigenvalue weighted by atomic mass is 10.4. The molecular formula is C6H9N3OS. The van der Waals surface area contributed by atoms with Crippen LogP contribution in [0.3, 0.4) is 0 Å². The van der Waals surface area contributed by atoms with Gasteiger partial charge in [-0.2, -0.15) is 0 Å². The molecule has 0 radical (unpaired) electrons. The van der Waals surface area contributed by atoms with Crippen molar-refractivity contribution in [2.75, 3.05) is 6.54 Å². The van der Waals surface area contributed by atoms with Gasteiger partial charge in [0.2, 0.25) is 5.91 Å². The van der Waals surface area contributed by atoms with Crippen molar-refractivity contribution in [2.45, 2.75) is 6.54 Å². The number of rotatable bonds is 3. The molecule has 0 spiro atoms. The molecule has 60 valence electrons. The SMILES string of the molecule is NCC(=O)NCc1ccns1. The van der Waals surface area contributed by atoms with Crippen LogP contribution in [0, 0.1) is 0 Å². The van der Waals surface area contributed by atoms with Gasteiger partial charge in [-0.15, -0.1) is 0 Å². The van der Waals surface area contributed by atoms with E-state index in [9.17, 15) is 4.79 Å². The van der Waals surface area contributed by atoms with Crippen LogP contribution >= 0.6 is 11.5 Å². The fourth-order valence-electron chi connectivity index (χ4n) is 0.591. The second-order valence-electron chi connectivity index (χ2n) is 1.96. The summed E-state index contributed by atoms with van der Waals surface area (Å²) in [4.78, 5) is 11.7. The van der Waals surface area contributed by atoms with E-state index in [2.05, 4.69) is 9.69 Å². The molecule has 0 aliphatic carbocycles. The van der Waals surface area contributed by atoms with Crippen molar-refractivity contribution in [3.63, 3.8) is 0 Å². The Morgan fingerprint density at radius 3 is 3.18 bits per heavy atom. The minimum Gasteiger partial charge on any atom is -0.350 e. The van der Waals surface area contributed by atoms with Gasteiger partial charge >= 0.3 is 0 Å². The van der Waals surface area contributed by atoms with Gasteiger partial charge in [0.15, 0.2) is 0 Å². The third kappa shape index (κ3) is 2.65. The van der Waals surface area contributed by atoms with E-state index in [0.717, 1.165) is 4.88 Å². The topological polar surface area (TPSA) is 68.0 Å². The summed E-state index contributed by atoms with van der Waals surface area (Å²) < 4.78 is 3.89. The van der Waals surface area contributed by atoms with Crippen molar-refractivity contribution in [2.24, 2.45) is 5.73 Å². The van der Waals surface area contributed by atoms with E-state index < -0.39 is 0 Å². The van der Waals surface area contributed by atoms with Gasteiger partial charge in [-0.1, -0.05) is 0 Å². The Bertz CT molecular complexity index is 222. The van der Waals surface area contributed by atoms with Crippen LogP contribution in [0.4, 0.5) is 0 Å². The molecule has 0 aliphatic heterocycles. The van der Waals surface area contributed by atoms with E-state index in [1.165, 1.54) is 11.5 Å². The number of aromatic nitrogens is 1. The van der Waals surface area contributed by atoms with Gasteiger partial charge in [-0.3, -0.25) is 4.79 Å². The summed E-state index contributed by atoms with van der Waals surface area (Å²) in [6.07, 6.45) is 1.70. The Morgan fingerprint density at radius 2 is 2.64 bits per heavy atom. The Hall–Kier alpha value is -0.940. The maximum atomic E-state index is 10.7. The maximum absolute atomic E-state index is 10.7. The summed E-state index contributed by atoms with van der Waals surface area (Å²) in [5.41, 5.74) is 5.09. The highest BCUT2D eigenvalue weighted by Gasteiger charge is 1.97. The lowest BCUT2D eigenvalue weighted by Gasteiger charge is -1.98. The molecule has 0 fully saturated rings. The zero-order valence-corrected chi connectivity index (χ0v) is 6.73. The average molecular weight is 171 g/mol. The summed E-state index contributed by atoms with van der Waals surface area (Å²) in [5.74, 6) is -0.140. The first-order valence-corrected chi connectivity index (χ1v) is 3.96. The number of hydrogen-bond donors (Lipinski definition) is 2. The second-order valence-corrected chi connectivity index (χ2v) is 2.88. The van der Waals surface area contributed by atoms with Crippen molar-refractivity contribution in [3.8, 4) is 0 Å². The van der Waals surface area contributed by atoms with E-state index in [-0.39, 0.29) is 12.5 Å². The predicted octanol–water partition coefficient (Wildman–Crippen LogP) is -0.282. The number of nitrogens with two attached hydrogens (primary N) is 1. The van der Waals surface area contributed by atoms with Crippen LogP contribution in [0.25, 0.3) is 0 Å². The minimum atomic E-state index is -0.140. The fourth-order valence-corrected chi connectivity index (χ4v) is 1.11. The normalized spacial score (nSPS) is 9.55. The molecule has 1 heterocycles. The van der Waals surface area contributed by atoms with Gasteiger partial charge in [0.25, 0.3) is 0 Å². The molecule has 1 aromatic rings. The lowest BCUT2D eigenvalue weighted by molar-refractivity contribution is -0.119. The number of nitrogens with zero attached hydrogens (tertiary/aromatic N) is 1. The summed E-state index contributed by atoms with van der Waals surface area (Å²) in [6.45, 7) is 0.569. The number of amides is 1. The first kappa shape index (κ1) is 8.16. The van der Waals surface area contributed by atoms with Crippen molar-refractivity contribution in [3.05, 3.63) is 17.1 Å². The van der Waals surface area contributed by atoms with E-state index in [4.69, 9.17) is 5.73 Å². The summed E-state index contributed by atoms with van der Waals surface area (Å²) in [5, 5.41) is 2.64. The van der Waals surface area contributed by atoms with Crippen LogP contribution in [-0.2, 0) is 11.3 Å². The van der Waals surface area contributed by atoms with Gasteiger partial charge < -0.3 is 11.1 Å². The quantitative estimate of drug-likeness (QED) is 0.657. The molecule has 0 unspecified atom stereocenters. The lowest BCUT2D eigenvalue weighted by Crippen LogP contribution is -2.29. The molecule has 0 atom stereocenters. The van der Waals surface area contributed by atoms with Gasteiger partial charge in [0, 0.05) is 11.1 Å². The van der Waals surface area contributed by atoms with Crippen LogP contribution in [0.5, 0.6) is 0 Å². The molecule has 1 amide bonds. The molecular weight excluding hydrogens is 162 g/mol. The fraction of sp³-hybridized carbons (Fsp3) is 0.333. The summed E-state index contributed by atoms with van der Waals surface area (Å²) in [6, 6.07) is 1.86. The third-order valence-electron chi connectivity index (χ3n) is 1.14. The zero-order chi connectivity index (χ0) is 8.10. The smallest absolute Gasteiger partial charge is 0.234 e. The number of nitrogens with one attached hydrogen (secondary N) is 1. The first-order chi connectivity index (χ1) is 5.33. The highest BCUT2D eigenvalue weighted by Crippen LogP contribution is 2.02. The molecule has 0 aliphatic rings. The molecule has 11 heavy (non-hydrogen) atoms. The van der Waals surface area contributed by atoms with Crippen LogP contribution in [0.1, 0.15) is 4.88 Å². The molecule has 0 saturated heterocycles. The molecule has 0 saturated carbocycles. The van der Waals surface area contributed by atoms with Gasteiger partial charge in [0.1, 0.15) is 0 Å². The maximum Gasteiger partial charge on any atom is 0.234 e. The van der Waals surface area contributed by atoms with Gasteiger partial charge in [-0.05, 0) is 17.6 Å². The summed E-state index contributed by atoms with van der Waals surface area (Å²) in [7, 11) is 0. The highest BCUT2D eigenvalue weighted by molar-refractivity contribution is 7.05. The Balaban J connectivity index is 2.29. The molecule has 0 aromatic carbocycles. The van der Waals surface area contributed by atoms with E-state index in [1.807, 2.05) is 6.07 Å². The number of carbonyl (C=O) groups is 1. The Labute approximate surface area is 68.6 Å². The van der Waals surface area contributed by atoms with E-state index in [0.29, 0.717) is 6.54 Å². The van der Waals surface area contributed by atoms with Crippen LogP contribution in [0.15, 0.2) is 12.3 Å². The molecule has 1 aromatic heterocycles. The monoisotopic (exact) mass is 171 g/mol. The van der Waals surface area contributed by atoms with Crippen LogP contribution in [0.2, 0.25) is 0 Å². The molecule has 0 bridgehead atoms. The van der Waals surface area contributed by atoms with Crippen molar-refractivity contribution in [1.82, 2.24) is 9.69 Å². The average Bonchev–Trinajstić information content (AvgIpc) is 2.52. The molecule has 4 nitrogen and oxygen atoms in total. The standard InChI is InChI=1S/C6H9N3OS/c7-3-6(10)8-4-5-1-2-9-11-5/h1-2H,3-4,7H2,(H,8,10). The van der Waals surface area contributed by atoms with Gasteiger partial charge in [0.05, 0.1) is 13.1 Å². The van der Waals surface area contributed by atoms with Crippen molar-refractivity contribution >= 4 is 17.4 Å². The Morgan fingerprint density at radius 1 is 1.82 bits per heavy atom. The Kier molecular flexibility index (Phi) is 3.00. The molecule has 3 N–H and O–H groups in total. The van der Waals surface area contributed by atoms with Crippen molar-refractivity contribution in [1.29, 1.82) is 0 Å². The minimum absolute atomic E-state index is 0.0405. The second kappa shape index (κ2) is 4.05. The number of carbonyl (C=O) groups excluding carboxylic acids is 1. The summed E-state index contributed by atoms with van der Waals surface area (Å²) >= 11 is 1.37. The van der Waals surface area contributed by atoms with Crippen LogP contribution in [-0.4, -0.2) is 16.8 Å². The van der Waals surface area contributed by atoms with Crippen molar-refractivity contribution < 1.29 is 4.79 Å². The number of hydrogen-bond acceptors (Lipinski definition) is 4. The first-order valence-electron chi connectivity index (χ1n) is 3.19.